The summed E-state index contributed by atoms with van der Waals surface area (Å²) in [4.78, 5) is 39.5. The van der Waals surface area contributed by atoms with Gasteiger partial charge in [0.15, 0.2) is 11.6 Å². The second-order valence-corrected chi connectivity index (χ2v) is 12.9. The Bertz CT molecular complexity index is 1990. The third kappa shape index (κ3) is 4.96. The minimum Gasteiger partial charge on any atom is -0.397 e. The third-order valence-electron chi connectivity index (χ3n) is 8.60. The number of nitrogens with two attached hydrogens (primary N) is 1. The summed E-state index contributed by atoms with van der Waals surface area (Å²) in [6.45, 7) is 10.5. The number of aryl methyl sites for hydroxylation is 1. The number of anilines is 3. The molecule has 9 nitrogen and oxygen atoms in total. The molecular formula is C32H30Cl3F2N7O2. The van der Waals surface area contributed by atoms with Crippen LogP contribution >= 0.6 is 34.8 Å². The summed E-state index contributed by atoms with van der Waals surface area (Å²) in [5, 5.41) is 2.60. The molecule has 0 spiro atoms. The van der Waals surface area contributed by atoms with Crippen molar-refractivity contribution in [3.05, 3.63) is 79.4 Å². The van der Waals surface area contributed by atoms with Gasteiger partial charge in [0.25, 0.3) is 0 Å². The van der Waals surface area contributed by atoms with Crippen LogP contribution in [0.25, 0.3) is 27.7 Å². The van der Waals surface area contributed by atoms with Gasteiger partial charge in [0, 0.05) is 49.5 Å². The van der Waals surface area contributed by atoms with E-state index in [0.717, 1.165) is 6.07 Å². The molecule has 0 aliphatic carbocycles. The van der Waals surface area contributed by atoms with Gasteiger partial charge in [-0.25, -0.2) is 13.6 Å². The van der Waals surface area contributed by atoms with Crippen LogP contribution in [0, 0.1) is 18.6 Å². The fourth-order valence-corrected chi connectivity index (χ4v) is 7.23. The predicted octanol–water partition coefficient (Wildman–Crippen LogP) is 6.72. The van der Waals surface area contributed by atoms with Crippen molar-refractivity contribution < 1.29 is 13.6 Å². The summed E-state index contributed by atoms with van der Waals surface area (Å²) in [5.41, 5.74) is 6.15. The maximum Gasteiger partial charge on any atom is 0.354 e. The second-order valence-electron chi connectivity index (χ2n) is 11.7. The van der Waals surface area contributed by atoms with E-state index in [1.165, 1.54) is 10.6 Å². The number of carbonyl (C=O) groups is 1. The average Bonchev–Trinajstić information content (AvgIpc) is 3.01. The summed E-state index contributed by atoms with van der Waals surface area (Å²) in [6.07, 6.45) is 3.36. The number of nitrogen functional groups attached to an aromatic ring is 1. The fourth-order valence-electron chi connectivity index (χ4n) is 6.41. The topological polar surface area (TPSA) is 109 Å². The Balaban J connectivity index is 1.79. The number of amides is 1. The zero-order valence-corrected chi connectivity index (χ0v) is 27.5. The van der Waals surface area contributed by atoms with Gasteiger partial charge in [-0.3, -0.25) is 14.3 Å². The summed E-state index contributed by atoms with van der Waals surface area (Å²) in [6, 6.07) is 2.61. The molecule has 2 aromatic carbocycles. The van der Waals surface area contributed by atoms with Crippen molar-refractivity contribution in [3.63, 3.8) is 0 Å². The van der Waals surface area contributed by atoms with E-state index >= 15 is 8.78 Å². The number of nitrogens with one attached hydrogen (secondary N) is 1. The standard InChI is InChI=1S/C32H30Cl3F2N7O2/c1-5-19(45)42-10-11-43-16(13-42)7-9-40-28-22-30(23(35)20(25(28)37)21-24(36)17(33)12-18(34)26(21)38)44(32(46)41-31(22)43)29-15(4)6-8-39-27(29)14(2)3/h5-6,8,12,14,16,40H,1,7,9-11,13,38H2,2-4H3. The van der Waals surface area contributed by atoms with Gasteiger partial charge < -0.3 is 20.9 Å². The molecule has 240 valence electrons. The van der Waals surface area contributed by atoms with Crippen molar-refractivity contribution in [2.75, 3.05) is 42.1 Å². The number of carbonyl (C=O) groups excluding carboxylic acids is 1. The number of hydrogen-bond donors (Lipinski definition) is 2. The van der Waals surface area contributed by atoms with Crippen molar-refractivity contribution >= 4 is 68.8 Å². The van der Waals surface area contributed by atoms with Gasteiger partial charge in [-0.05, 0) is 43.0 Å². The largest absolute Gasteiger partial charge is 0.397 e. The lowest BCUT2D eigenvalue weighted by Gasteiger charge is -2.43. The van der Waals surface area contributed by atoms with E-state index in [-0.39, 0.29) is 67.6 Å². The van der Waals surface area contributed by atoms with E-state index in [0.29, 0.717) is 43.0 Å². The van der Waals surface area contributed by atoms with Crippen LogP contribution in [0.1, 0.15) is 37.4 Å². The Kier molecular flexibility index (Phi) is 8.37. The summed E-state index contributed by atoms with van der Waals surface area (Å²) < 4.78 is 34.1. The molecule has 3 N–H and O–H groups in total. The molecule has 6 rings (SSSR count). The number of aromatic nitrogens is 3. The molecule has 1 fully saturated rings. The normalized spacial score (nSPS) is 16.2. The van der Waals surface area contributed by atoms with Crippen LogP contribution in [0.2, 0.25) is 15.1 Å². The van der Waals surface area contributed by atoms with Crippen LogP contribution in [0.15, 0.2) is 35.8 Å². The van der Waals surface area contributed by atoms with Gasteiger partial charge in [-0.2, -0.15) is 4.98 Å². The molecule has 14 heteroatoms. The Morgan fingerprint density at radius 2 is 1.91 bits per heavy atom. The number of pyridine rings is 1. The van der Waals surface area contributed by atoms with E-state index in [4.69, 9.17) is 40.5 Å². The highest BCUT2D eigenvalue weighted by atomic mass is 35.5. The van der Waals surface area contributed by atoms with Gasteiger partial charge in [-0.15, -0.1) is 0 Å². The van der Waals surface area contributed by atoms with E-state index in [1.807, 2.05) is 25.7 Å². The Morgan fingerprint density at radius 1 is 1.17 bits per heavy atom. The first-order valence-corrected chi connectivity index (χ1v) is 15.8. The molecule has 1 unspecified atom stereocenters. The molecule has 0 saturated carbocycles. The van der Waals surface area contributed by atoms with E-state index < -0.39 is 28.5 Å². The van der Waals surface area contributed by atoms with Crippen LogP contribution in [0.3, 0.4) is 0 Å². The first kappa shape index (κ1) is 32.0. The quantitative estimate of drug-likeness (QED) is 0.139. The monoisotopic (exact) mass is 687 g/mol. The van der Waals surface area contributed by atoms with Gasteiger partial charge in [0.2, 0.25) is 5.91 Å². The van der Waals surface area contributed by atoms with Crippen LogP contribution in [0.4, 0.5) is 26.0 Å². The smallest absolute Gasteiger partial charge is 0.354 e. The van der Waals surface area contributed by atoms with Crippen LogP contribution in [0.5, 0.6) is 0 Å². The van der Waals surface area contributed by atoms with Crippen LogP contribution < -0.4 is 21.6 Å². The predicted molar refractivity (Wildman–Crippen MR) is 180 cm³/mol. The fraction of sp³-hybridized carbons (Fsp3) is 0.312. The number of piperazine rings is 1. The Morgan fingerprint density at radius 3 is 2.61 bits per heavy atom. The van der Waals surface area contributed by atoms with Crippen LogP contribution in [-0.4, -0.2) is 57.6 Å². The second kappa shape index (κ2) is 12.0. The van der Waals surface area contributed by atoms with Crippen molar-refractivity contribution in [3.8, 4) is 16.8 Å². The van der Waals surface area contributed by atoms with Gasteiger partial charge >= 0.3 is 5.69 Å². The Labute approximate surface area is 278 Å². The number of rotatable bonds is 4. The molecule has 4 heterocycles. The average molecular weight is 689 g/mol. The maximum absolute atomic E-state index is 17.0. The molecular weight excluding hydrogens is 659 g/mol. The van der Waals surface area contributed by atoms with E-state index in [9.17, 15) is 9.59 Å². The molecule has 2 aromatic heterocycles. The van der Waals surface area contributed by atoms with Gasteiger partial charge in [0.05, 0.1) is 48.7 Å². The number of halogens is 5. The van der Waals surface area contributed by atoms with Crippen LogP contribution in [-0.2, 0) is 4.79 Å². The lowest BCUT2D eigenvalue weighted by atomic mass is 9.96. The summed E-state index contributed by atoms with van der Waals surface area (Å²) in [5.74, 6) is -2.09. The molecule has 1 saturated heterocycles. The SMILES string of the molecule is C=CC(=O)N1CCN2c3nc(=O)n(-c4c(C)ccnc4C(C)C)c4c(Cl)c(-c5c(N)c(Cl)cc(Cl)c5F)c(F)c(c34)NCCC2C1. The third-order valence-corrected chi connectivity index (χ3v) is 9.55. The number of benzene rings is 2. The zero-order chi connectivity index (χ0) is 33.2. The highest BCUT2D eigenvalue weighted by Gasteiger charge is 2.37. The highest BCUT2D eigenvalue weighted by molar-refractivity contribution is 6.41. The zero-order valence-electron chi connectivity index (χ0n) is 25.2. The highest BCUT2D eigenvalue weighted by Crippen LogP contribution is 2.50. The Hall–Kier alpha value is -3.93. The maximum atomic E-state index is 17.0. The molecule has 2 aliphatic heterocycles. The number of nitrogens with zero attached hydrogens (tertiary/aromatic N) is 5. The summed E-state index contributed by atoms with van der Waals surface area (Å²) >= 11 is 19.6. The minimum absolute atomic E-state index is 0.0452. The first-order valence-electron chi connectivity index (χ1n) is 14.7. The van der Waals surface area contributed by atoms with E-state index in [1.54, 1.807) is 17.2 Å². The molecule has 0 bridgehead atoms. The molecule has 4 aromatic rings. The number of fused-ring (bicyclic) bond motifs is 2. The minimum atomic E-state index is -1.02. The van der Waals surface area contributed by atoms with Crippen molar-refractivity contribution in [1.29, 1.82) is 0 Å². The van der Waals surface area contributed by atoms with E-state index in [2.05, 4.69) is 21.9 Å². The van der Waals surface area contributed by atoms with Crippen molar-refractivity contribution in [2.45, 2.75) is 39.2 Å². The molecule has 1 atom stereocenters. The molecule has 46 heavy (non-hydrogen) atoms. The van der Waals surface area contributed by atoms with Crippen molar-refractivity contribution in [1.82, 2.24) is 19.4 Å². The first-order chi connectivity index (χ1) is 21.9. The van der Waals surface area contributed by atoms with Crippen molar-refractivity contribution in [2.24, 2.45) is 0 Å². The number of hydrogen-bond acceptors (Lipinski definition) is 7. The molecule has 2 aliphatic rings. The summed E-state index contributed by atoms with van der Waals surface area (Å²) in [7, 11) is 0. The van der Waals surface area contributed by atoms with Gasteiger partial charge in [0.1, 0.15) is 5.82 Å². The molecule has 1 amide bonds. The van der Waals surface area contributed by atoms with Gasteiger partial charge in [-0.1, -0.05) is 55.2 Å². The molecule has 0 radical (unpaired) electrons. The lowest BCUT2D eigenvalue weighted by Crippen LogP contribution is -2.56. The lowest BCUT2D eigenvalue weighted by molar-refractivity contribution is -0.126.